The summed E-state index contributed by atoms with van der Waals surface area (Å²) < 4.78 is 12.4. The lowest BCUT2D eigenvalue weighted by molar-refractivity contribution is -0.147. The van der Waals surface area contributed by atoms with Crippen molar-refractivity contribution in [2.24, 2.45) is 10.8 Å². The highest BCUT2D eigenvalue weighted by Crippen LogP contribution is 2.35. The van der Waals surface area contributed by atoms with E-state index in [9.17, 15) is 33.6 Å². The number of likely N-dealkylation sites (N-methyl/N-ethyl adjacent to an activating group) is 2. The number of hydrogen-bond acceptors (Lipinski definition) is 11. The predicted octanol–water partition coefficient (Wildman–Crippen LogP) is 6.31. The fourth-order valence-corrected chi connectivity index (χ4v) is 11.4. The van der Waals surface area contributed by atoms with E-state index in [4.69, 9.17) is 9.47 Å². The monoisotopic (exact) mass is 1090 g/mol. The van der Waals surface area contributed by atoms with E-state index in [-0.39, 0.29) is 85.5 Å². The summed E-state index contributed by atoms with van der Waals surface area (Å²) in [5, 5.41) is 18.3. The van der Waals surface area contributed by atoms with Gasteiger partial charge < -0.3 is 51.2 Å². The molecule has 5 unspecified atom stereocenters. The van der Waals surface area contributed by atoms with Crippen LogP contribution in [0.2, 0.25) is 0 Å². The molecule has 1 fully saturated rings. The zero-order valence-corrected chi connectivity index (χ0v) is 48.2. The number of carbonyl (C=O) groups excluding carboxylic acids is 7. The summed E-state index contributed by atoms with van der Waals surface area (Å²) in [5.74, 6) is -2.32. The molecule has 2 heterocycles. The normalized spacial score (nSPS) is 21.3. The summed E-state index contributed by atoms with van der Waals surface area (Å²) in [4.78, 5) is 102. The lowest BCUT2D eigenvalue weighted by atomic mass is 9.83. The molecule has 4 aromatic rings. The fraction of sp³-hybridized carbons (Fsp3) is 0.508. The first-order chi connectivity index (χ1) is 38.0. The summed E-state index contributed by atoms with van der Waals surface area (Å²) in [7, 11) is 3.35. The molecule has 17 nitrogen and oxygen atoms in total. The van der Waals surface area contributed by atoms with Crippen molar-refractivity contribution >= 4 is 41.4 Å². The van der Waals surface area contributed by atoms with Gasteiger partial charge in [0.1, 0.15) is 29.9 Å². The van der Waals surface area contributed by atoms with E-state index in [1.54, 1.807) is 74.1 Å². The van der Waals surface area contributed by atoms with Crippen LogP contribution in [0.4, 0.5) is 0 Å². The number of nitrogens with zero attached hydrogens (tertiary/aromatic N) is 2. The Balaban J connectivity index is 0.956. The Bertz CT molecular complexity index is 2930. The minimum absolute atomic E-state index is 0.0364. The van der Waals surface area contributed by atoms with E-state index in [2.05, 4.69) is 44.0 Å². The molecule has 6 amide bonds. The number of hydrogen-bond donors (Lipinski definition) is 6. The molecule has 6 N–H and O–H groups in total. The highest BCUT2D eigenvalue weighted by atomic mass is 16.5. The maximum atomic E-state index is 14.9. The molecule has 428 valence electrons. The molecule has 0 spiro atoms. The Kier molecular flexibility index (Phi) is 18.7. The summed E-state index contributed by atoms with van der Waals surface area (Å²) in [6.07, 6.45) is 5.21. The van der Waals surface area contributed by atoms with Crippen molar-refractivity contribution in [3.63, 3.8) is 0 Å². The average Bonchev–Trinajstić information content (AvgIpc) is 3.96. The van der Waals surface area contributed by atoms with Crippen LogP contribution < -0.4 is 36.6 Å². The first-order valence-electron chi connectivity index (χ1n) is 28.4. The minimum atomic E-state index is -0.961. The molecule has 1 saturated heterocycles. The molecular formula is C63H82N8O9. The number of carbonyl (C=O) groups is 7. The number of fused-ring (bicyclic) bond motifs is 3. The number of amides is 6. The molecule has 4 aromatic carbocycles. The Morgan fingerprint density at radius 2 is 1.12 bits per heavy atom. The van der Waals surface area contributed by atoms with Gasteiger partial charge in [-0.2, -0.15) is 0 Å². The lowest BCUT2D eigenvalue weighted by Gasteiger charge is -2.41. The van der Waals surface area contributed by atoms with Crippen LogP contribution in [0.15, 0.2) is 91.0 Å². The van der Waals surface area contributed by atoms with Crippen LogP contribution in [0.25, 0.3) is 0 Å². The molecule has 0 saturated carbocycles. The van der Waals surface area contributed by atoms with Crippen LogP contribution in [0.1, 0.15) is 149 Å². The van der Waals surface area contributed by atoms with Gasteiger partial charge in [-0.1, -0.05) is 108 Å². The summed E-state index contributed by atoms with van der Waals surface area (Å²) in [6, 6.07) is 23.2. The van der Waals surface area contributed by atoms with Crippen molar-refractivity contribution in [2.75, 3.05) is 20.6 Å². The summed E-state index contributed by atoms with van der Waals surface area (Å²) in [6.45, 7) is 15.0. The molecule has 8 rings (SSSR count). The molecule has 0 aromatic heterocycles. The third-order valence-corrected chi connectivity index (χ3v) is 16.5. The maximum absolute atomic E-state index is 14.9. The molecule has 4 aliphatic rings. The molecule has 80 heavy (non-hydrogen) atoms. The van der Waals surface area contributed by atoms with Gasteiger partial charge in [-0.15, -0.1) is 0 Å². The van der Waals surface area contributed by atoms with Crippen LogP contribution in [0.3, 0.4) is 0 Å². The predicted molar refractivity (Wildman–Crippen MR) is 305 cm³/mol. The highest BCUT2D eigenvalue weighted by molar-refractivity contribution is 5.96. The molecule has 0 bridgehead atoms. The number of nitrogens with one attached hydrogen (secondary N) is 6. The summed E-state index contributed by atoms with van der Waals surface area (Å²) >= 11 is 0. The van der Waals surface area contributed by atoms with Gasteiger partial charge in [0.05, 0.1) is 42.4 Å². The van der Waals surface area contributed by atoms with Crippen molar-refractivity contribution in [2.45, 2.75) is 174 Å². The van der Waals surface area contributed by atoms with E-state index < -0.39 is 65.1 Å². The number of ether oxygens (including phenoxy) is 2. The van der Waals surface area contributed by atoms with E-state index >= 15 is 0 Å². The highest BCUT2D eigenvalue weighted by Gasteiger charge is 2.47. The number of rotatable bonds is 17. The van der Waals surface area contributed by atoms with Gasteiger partial charge in [0.15, 0.2) is 0 Å². The molecule has 2 aliphatic carbocycles. The van der Waals surface area contributed by atoms with Gasteiger partial charge in [0.25, 0.3) is 0 Å². The van der Waals surface area contributed by atoms with Gasteiger partial charge >= 0.3 is 5.97 Å². The van der Waals surface area contributed by atoms with Crippen LogP contribution in [0, 0.1) is 10.8 Å². The number of likely N-dealkylation sites (tertiary alicyclic amines) is 1. The second-order valence-electron chi connectivity index (χ2n) is 24.3. The van der Waals surface area contributed by atoms with Crippen LogP contribution in [-0.4, -0.2) is 114 Å². The van der Waals surface area contributed by atoms with Crippen molar-refractivity contribution in [1.82, 2.24) is 41.7 Å². The molecule has 9 atom stereocenters. The van der Waals surface area contributed by atoms with Gasteiger partial charge in [-0.3, -0.25) is 28.8 Å². The number of aryl methyl sites for hydroxylation is 2. The van der Waals surface area contributed by atoms with E-state index in [1.165, 1.54) is 11.1 Å². The Hall–Kier alpha value is -6.95. The zero-order valence-electron chi connectivity index (χ0n) is 48.2. The van der Waals surface area contributed by atoms with Crippen molar-refractivity contribution < 1.29 is 43.0 Å². The molecule has 17 heteroatoms. The third kappa shape index (κ3) is 13.8. The van der Waals surface area contributed by atoms with Crippen molar-refractivity contribution in [1.29, 1.82) is 0 Å². The average molecular weight is 1100 g/mol. The largest absolute Gasteiger partial charge is 0.423 e. The standard InChI is InChI=1S/C63H82N8O9/c1-37(64-9)55(72)68-53(62(3,4)5)59(76)70-34-44-31-45(30-29-43(44)32-51(70)57(74)66-49-23-15-19-40-17-11-13-21-47(40)49)80-61(78)42-27-25-39(26-28-42)36-79-46-33-52(58(75)67-50-24-16-20-41-18-12-14-22-48(41)50)71(35-46)60(77)54(63(6,7)8)69-56(73)38(2)65-10/h11-14,17-18,21-22,25-31,37-38,46,49-54,64-65H,15-16,19-20,23-24,32-36H2,1-10H3,(H,66,74)(H,67,75)(H,68,72)(H,69,73)/t37?,38?,46-,49+,50+,51?,52-,53?,54?/m0/s1. The SMILES string of the molecule is CNC(C)C(=O)NC(C(=O)N1Cc2cc(OC(=O)c3ccc(CO[C@H]4C[C@@H](C(=O)N[C@@H]5CCCc6ccccc65)N(C(=O)C(NC(=O)C(C)NC)C(C)(C)C)C4)cc3)ccc2CC1C(=O)N[C@@H]1CCCc2ccccc21)C(C)(C)C. The molecule has 0 radical (unpaired) electrons. The smallest absolute Gasteiger partial charge is 0.343 e. The Morgan fingerprint density at radius 3 is 1.65 bits per heavy atom. The van der Waals surface area contributed by atoms with E-state index in [1.807, 2.05) is 84.0 Å². The number of esters is 1. The molecular weight excluding hydrogens is 1010 g/mol. The van der Waals surface area contributed by atoms with Crippen LogP contribution in [0.5, 0.6) is 5.75 Å². The first-order valence-corrected chi connectivity index (χ1v) is 28.4. The maximum Gasteiger partial charge on any atom is 0.343 e. The molecule has 2 aliphatic heterocycles. The van der Waals surface area contributed by atoms with Gasteiger partial charge in [-0.25, -0.2) is 4.79 Å². The second kappa shape index (κ2) is 25.2. The van der Waals surface area contributed by atoms with Crippen molar-refractivity contribution in [3.8, 4) is 5.75 Å². The quantitative estimate of drug-likeness (QED) is 0.0509. The van der Waals surface area contributed by atoms with E-state index in [0.717, 1.165) is 60.8 Å². The Labute approximate surface area is 471 Å². The van der Waals surface area contributed by atoms with Crippen molar-refractivity contribution in [3.05, 3.63) is 136 Å². The van der Waals surface area contributed by atoms with Crippen LogP contribution in [-0.2, 0) is 65.9 Å². The fourth-order valence-electron chi connectivity index (χ4n) is 11.4. The topological polar surface area (TPSA) is 217 Å². The summed E-state index contributed by atoms with van der Waals surface area (Å²) in [5.41, 5.74) is 5.74. The second-order valence-corrected chi connectivity index (χ2v) is 24.3. The van der Waals surface area contributed by atoms with Gasteiger partial charge in [0, 0.05) is 25.9 Å². The minimum Gasteiger partial charge on any atom is -0.423 e. The van der Waals surface area contributed by atoms with Crippen LogP contribution >= 0.6 is 0 Å². The zero-order chi connectivity index (χ0) is 57.6. The number of benzene rings is 4. The third-order valence-electron chi connectivity index (χ3n) is 16.5. The van der Waals surface area contributed by atoms with Gasteiger partial charge in [-0.05, 0) is 141 Å². The first kappa shape index (κ1) is 59.2. The van der Waals surface area contributed by atoms with E-state index in [0.29, 0.717) is 5.56 Å². The Morgan fingerprint density at radius 1 is 0.613 bits per heavy atom. The van der Waals surface area contributed by atoms with Gasteiger partial charge in [0.2, 0.25) is 35.4 Å². The lowest BCUT2D eigenvalue weighted by Crippen LogP contribution is -2.62.